The Bertz CT molecular complexity index is 927. The van der Waals surface area contributed by atoms with Crippen LogP contribution < -0.4 is 4.74 Å². The molecule has 0 aliphatic carbocycles. The molecule has 3 rings (SSSR count). The molecule has 0 bridgehead atoms. The van der Waals surface area contributed by atoms with Gasteiger partial charge in [0.2, 0.25) is 0 Å². The van der Waals surface area contributed by atoms with E-state index >= 15 is 0 Å². The smallest absolute Gasteiger partial charge is 0.295 e. The van der Waals surface area contributed by atoms with Crippen molar-refractivity contribution in [3.05, 3.63) is 59.6 Å². The third-order valence-corrected chi connectivity index (χ3v) is 5.40. The first-order valence-corrected chi connectivity index (χ1v) is 10.7. The van der Waals surface area contributed by atoms with Gasteiger partial charge < -0.3 is 24.1 Å². The van der Waals surface area contributed by atoms with Gasteiger partial charge in [-0.3, -0.25) is 9.59 Å². The predicted molar refractivity (Wildman–Crippen MR) is 118 cm³/mol. The molecule has 2 aromatic rings. The van der Waals surface area contributed by atoms with Crippen molar-refractivity contribution in [2.45, 2.75) is 39.8 Å². The van der Waals surface area contributed by atoms with E-state index in [9.17, 15) is 14.7 Å². The summed E-state index contributed by atoms with van der Waals surface area (Å²) in [6, 6.07) is 9.47. The molecule has 31 heavy (non-hydrogen) atoms. The number of nitrogens with zero attached hydrogens (tertiary/aromatic N) is 2. The summed E-state index contributed by atoms with van der Waals surface area (Å²) in [5.74, 6) is -0.453. The number of likely N-dealkylation sites (N-methyl/N-ethyl adjacent to an activating group) is 1. The maximum absolute atomic E-state index is 12.9. The summed E-state index contributed by atoms with van der Waals surface area (Å²) in [6.07, 6.45) is 1.52. The Labute approximate surface area is 182 Å². The number of amides is 1. The number of benzene rings is 1. The van der Waals surface area contributed by atoms with Crippen molar-refractivity contribution in [2.75, 3.05) is 26.2 Å². The standard InChI is InChI=1S/C24H30N2O5/c1-5-25(6-2)13-14-26-21(19-8-7-15-30-19)20(23(28)24(26)29)22(27)17-9-11-18(12-10-17)31-16(3)4/h7-12,15-16,21,27H,5-6,13-14H2,1-4H3. The molecule has 1 aliphatic rings. The van der Waals surface area contributed by atoms with Gasteiger partial charge in [-0.15, -0.1) is 0 Å². The van der Waals surface area contributed by atoms with Gasteiger partial charge in [-0.2, -0.15) is 0 Å². The van der Waals surface area contributed by atoms with Crippen LogP contribution in [0.25, 0.3) is 5.76 Å². The zero-order chi connectivity index (χ0) is 22.5. The number of aliphatic hydroxyl groups is 1. The number of hydrogen-bond acceptors (Lipinski definition) is 6. The number of furan rings is 1. The van der Waals surface area contributed by atoms with Gasteiger partial charge in [0.1, 0.15) is 23.3 Å². The van der Waals surface area contributed by atoms with E-state index in [1.54, 1.807) is 36.4 Å². The lowest BCUT2D eigenvalue weighted by atomic mass is 9.99. The lowest BCUT2D eigenvalue weighted by Crippen LogP contribution is -2.37. The second kappa shape index (κ2) is 9.83. The normalized spacial score (nSPS) is 18.4. The summed E-state index contributed by atoms with van der Waals surface area (Å²) in [4.78, 5) is 29.5. The third kappa shape index (κ3) is 4.82. The molecule has 0 spiro atoms. The van der Waals surface area contributed by atoms with E-state index in [4.69, 9.17) is 9.15 Å². The molecule has 7 heteroatoms. The van der Waals surface area contributed by atoms with Crippen LogP contribution in [0.4, 0.5) is 0 Å². The first-order valence-electron chi connectivity index (χ1n) is 10.7. The van der Waals surface area contributed by atoms with E-state index in [2.05, 4.69) is 4.90 Å². The summed E-state index contributed by atoms with van der Waals surface area (Å²) in [7, 11) is 0. The Morgan fingerprint density at radius 1 is 1.16 bits per heavy atom. The fourth-order valence-corrected chi connectivity index (χ4v) is 3.76. The van der Waals surface area contributed by atoms with Crippen molar-refractivity contribution in [3.8, 4) is 5.75 Å². The highest BCUT2D eigenvalue weighted by molar-refractivity contribution is 6.46. The summed E-state index contributed by atoms with van der Waals surface area (Å²) in [5, 5.41) is 11.0. The molecule has 0 saturated carbocycles. The fraction of sp³-hybridized carbons (Fsp3) is 0.417. The topological polar surface area (TPSA) is 83.2 Å². The van der Waals surface area contributed by atoms with Crippen molar-refractivity contribution >= 4 is 17.4 Å². The number of ketones is 1. The zero-order valence-corrected chi connectivity index (χ0v) is 18.5. The van der Waals surface area contributed by atoms with Crippen LogP contribution >= 0.6 is 0 Å². The lowest BCUT2D eigenvalue weighted by Gasteiger charge is -2.26. The molecular weight excluding hydrogens is 396 g/mol. The number of carbonyl (C=O) groups is 2. The van der Waals surface area contributed by atoms with E-state index in [0.29, 0.717) is 30.2 Å². The van der Waals surface area contributed by atoms with Gasteiger partial charge in [0.05, 0.1) is 17.9 Å². The number of carbonyl (C=O) groups excluding carboxylic acids is 2. The molecule has 1 aliphatic heterocycles. The summed E-state index contributed by atoms with van der Waals surface area (Å²) in [5.41, 5.74) is 0.478. The summed E-state index contributed by atoms with van der Waals surface area (Å²) >= 11 is 0. The SMILES string of the molecule is CCN(CC)CCN1C(=O)C(=O)C(=C(O)c2ccc(OC(C)C)cc2)C1c1ccco1. The van der Waals surface area contributed by atoms with Gasteiger partial charge in [-0.1, -0.05) is 13.8 Å². The molecule has 1 aromatic heterocycles. The molecule has 7 nitrogen and oxygen atoms in total. The molecule has 1 saturated heterocycles. The van der Waals surface area contributed by atoms with E-state index in [1.165, 1.54) is 11.2 Å². The average Bonchev–Trinajstić information content (AvgIpc) is 3.36. The first-order chi connectivity index (χ1) is 14.9. The lowest BCUT2D eigenvalue weighted by molar-refractivity contribution is -0.140. The highest BCUT2D eigenvalue weighted by Gasteiger charge is 2.47. The fourth-order valence-electron chi connectivity index (χ4n) is 3.76. The molecule has 2 heterocycles. The van der Waals surface area contributed by atoms with Gasteiger partial charge in [-0.25, -0.2) is 0 Å². The highest BCUT2D eigenvalue weighted by Crippen LogP contribution is 2.39. The maximum Gasteiger partial charge on any atom is 0.295 e. The minimum absolute atomic E-state index is 0.0227. The Balaban J connectivity index is 1.98. The highest BCUT2D eigenvalue weighted by atomic mass is 16.5. The molecule has 166 valence electrons. The van der Waals surface area contributed by atoms with E-state index in [1.807, 2.05) is 27.7 Å². The van der Waals surface area contributed by atoms with Crippen LogP contribution in [0.3, 0.4) is 0 Å². The number of hydrogen-bond donors (Lipinski definition) is 1. The number of ether oxygens (including phenoxy) is 1. The Morgan fingerprint density at radius 2 is 1.84 bits per heavy atom. The van der Waals surface area contributed by atoms with Gasteiger partial charge in [0.15, 0.2) is 0 Å². The minimum atomic E-state index is -0.767. The molecule has 1 fully saturated rings. The van der Waals surface area contributed by atoms with Crippen molar-refractivity contribution in [1.82, 2.24) is 9.80 Å². The van der Waals surface area contributed by atoms with E-state index in [0.717, 1.165) is 13.1 Å². The molecule has 1 atom stereocenters. The van der Waals surface area contributed by atoms with Crippen LogP contribution in [-0.2, 0) is 9.59 Å². The number of likely N-dealkylation sites (tertiary alicyclic amines) is 1. The van der Waals surface area contributed by atoms with Crippen molar-refractivity contribution in [3.63, 3.8) is 0 Å². The van der Waals surface area contributed by atoms with Gasteiger partial charge in [0, 0.05) is 18.7 Å². The Hall–Kier alpha value is -3.06. The summed E-state index contributed by atoms with van der Waals surface area (Å²) < 4.78 is 11.2. The quantitative estimate of drug-likeness (QED) is 0.373. The Morgan fingerprint density at radius 3 is 2.39 bits per heavy atom. The second-order valence-corrected chi connectivity index (χ2v) is 7.73. The molecule has 1 unspecified atom stereocenters. The monoisotopic (exact) mass is 426 g/mol. The average molecular weight is 427 g/mol. The van der Waals surface area contributed by atoms with Crippen molar-refractivity contribution in [2.24, 2.45) is 0 Å². The summed E-state index contributed by atoms with van der Waals surface area (Å²) in [6.45, 7) is 10.6. The maximum atomic E-state index is 12.9. The second-order valence-electron chi connectivity index (χ2n) is 7.73. The zero-order valence-electron chi connectivity index (χ0n) is 18.5. The number of aliphatic hydroxyl groups excluding tert-OH is 1. The number of Topliss-reactive ketones (excluding diaryl/α,β-unsaturated/α-hetero) is 1. The van der Waals surface area contributed by atoms with Gasteiger partial charge in [-0.05, 0) is 63.3 Å². The Kier molecular flexibility index (Phi) is 7.17. The largest absolute Gasteiger partial charge is 0.507 e. The molecule has 1 amide bonds. The third-order valence-electron chi connectivity index (χ3n) is 5.40. The van der Waals surface area contributed by atoms with E-state index < -0.39 is 17.7 Å². The number of rotatable bonds is 9. The van der Waals surface area contributed by atoms with Crippen LogP contribution in [0, 0.1) is 0 Å². The molecule has 0 radical (unpaired) electrons. The predicted octanol–water partition coefficient (Wildman–Crippen LogP) is 3.83. The minimum Gasteiger partial charge on any atom is -0.507 e. The van der Waals surface area contributed by atoms with Crippen molar-refractivity contribution in [1.29, 1.82) is 0 Å². The van der Waals surface area contributed by atoms with Crippen LogP contribution in [-0.4, -0.2) is 58.9 Å². The van der Waals surface area contributed by atoms with Gasteiger partial charge >= 0.3 is 0 Å². The van der Waals surface area contributed by atoms with Crippen LogP contribution in [0.5, 0.6) is 5.75 Å². The molecular formula is C24H30N2O5. The van der Waals surface area contributed by atoms with Crippen molar-refractivity contribution < 1.29 is 23.8 Å². The van der Waals surface area contributed by atoms with E-state index in [-0.39, 0.29) is 17.4 Å². The molecule has 1 aromatic carbocycles. The van der Waals surface area contributed by atoms with Gasteiger partial charge in [0.25, 0.3) is 11.7 Å². The van der Waals surface area contributed by atoms with Crippen LogP contribution in [0.2, 0.25) is 0 Å². The van der Waals surface area contributed by atoms with Crippen LogP contribution in [0.15, 0.2) is 52.7 Å². The first kappa shape index (κ1) is 22.6. The molecule has 1 N–H and O–H groups in total. The van der Waals surface area contributed by atoms with Crippen LogP contribution in [0.1, 0.15) is 45.1 Å².